The molecule has 0 unspecified atom stereocenters. The third-order valence-corrected chi connectivity index (χ3v) is 21.4. The molecule has 0 radical (unpaired) electrons. The zero-order valence-electron chi connectivity index (χ0n) is 58.6. The molecule has 3 atom stereocenters. The highest BCUT2D eigenvalue weighted by atomic mass is 35.5. The van der Waals surface area contributed by atoms with Gasteiger partial charge in [-0.1, -0.05) is 61.3 Å². The van der Waals surface area contributed by atoms with Gasteiger partial charge < -0.3 is 60.0 Å². The van der Waals surface area contributed by atoms with E-state index >= 15 is 13.6 Å². The van der Waals surface area contributed by atoms with Gasteiger partial charge in [-0.05, 0) is 149 Å². The van der Waals surface area contributed by atoms with E-state index in [0.717, 1.165) is 88.4 Å². The summed E-state index contributed by atoms with van der Waals surface area (Å²) in [6.45, 7) is 18.7. The van der Waals surface area contributed by atoms with Crippen molar-refractivity contribution in [2.45, 2.75) is 103 Å². The van der Waals surface area contributed by atoms with Crippen LogP contribution in [0.1, 0.15) is 107 Å². The van der Waals surface area contributed by atoms with Gasteiger partial charge >= 0.3 is 6.03 Å². The fourth-order valence-corrected chi connectivity index (χ4v) is 15.5. The quantitative estimate of drug-likeness (QED) is 0.0403. The van der Waals surface area contributed by atoms with Crippen LogP contribution < -0.4 is 40.5 Å². The van der Waals surface area contributed by atoms with Crippen molar-refractivity contribution in [2.75, 3.05) is 160 Å². The average molecular weight is 1430 g/mol. The topological polar surface area (TPSA) is 225 Å². The summed E-state index contributed by atoms with van der Waals surface area (Å²) in [6.07, 6.45) is 7.31. The van der Waals surface area contributed by atoms with Crippen LogP contribution in [-0.4, -0.2) is 231 Å². The molecule has 101 heavy (non-hydrogen) atoms. The molecule has 4 N–H and O–H groups in total. The molecule has 6 fully saturated rings. The molecule has 4 aromatic carbocycles. The summed E-state index contributed by atoms with van der Waals surface area (Å²) in [5, 5.41) is 13.7. The van der Waals surface area contributed by atoms with Crippen molar-refractivity contribution in [3.8, 4) is 11.5 Å². The first-order valence-corrected chi connectivity index (χ1v) is 36.3. The van der Waals surface area contributed by atoms with Crippen molar-refractivity contribution in [3.05, 3.63) is 135 Å². The Kier molecular flexibility index (Phi) is 23.2. The van der Waals surface area contributed by atoms with E-state index in [1.54, 1.807) is 53.3 Å². The maximum absolute atomic E-state index is 15.8. The number of piperidine rings is 2. The minimum atomic E-state index is -0.658. The molecular weight excluding hydrogens is 1340 g/mol. The maximum Gasteiger partial charge on any atom is 0.326 e. The van der Waals surface area contributed by atoms with Crippen molar-refractivity contribution < 1.29 is 47.0 Å². The third-order valence-electron chi connectivity index (χ3n) is 20.9. The summed E-state index contributed by atoms with van der Waals surface area (Å²) in [5.41, 5.74) is 2.41. The van der Waals surface area contributed by atoms with E-state index in [2.05, 4.69) is 64.7 Å². The first kappa shape index (κ1) is 72.8. The van der Waals surface area contributed by atoms with Crippen molar-refractivity contribution in [1.82, 2.24) is 55.3 Å². The second-order valence-electron chi connectivity index (χ2n) is 29.2. The Morgan fingerprint density at radius 2 is 1.40 bits per heavy atom. The van der Waals surface area contributed by atoms with E-state index in [9.17, 15) is 19.2 Å². The number of aromatic nitrogens is 2. The van der Waals surface area contributed by atoms with Gasteiger partial charge in [-0.3, -0.25) is 38.9 Å². The van der Waals surface area contributed by atoms with Gasteiger partial charge in [-0.2, -0.15) is 0 Å². The number of likely N-dealkylation sites (tertiary alicyclic amines) is 3. The second-order valence-corrected chi connectivity index (χ2v) is 30.1. The summed E-state index contributed by atoms with van der Waals surface area (Å²) in [4.78, 5) is 98.2. The molecular formula is C74H95Cl2F2N15O8. The third kappa shape index (κ3) is 18.1. The lowest BCUT2D eigenvalue weighted by molar-refractivity contribution is -0.139. The van der Waals surface area contributed by atoms with E-state index in [1.807, 2.05) is 50.2 Å². The highest BCUT2D eigenvalue weighted by Crippen LogP contribution is 2.47. The lowest BCUT2D eigenvalue weighted by Gasteiger charge is -2.48. The molecule has 5 aromatic rings. The van der Waals surface area contributed by atoms with Crippen LogP contribution in [0.4, 0.5) is 30.9 Å². The Morgan fingerprint density at radius 1 is 0.703 bits per heavy atom. The fraction of sp³-hybridized carbons (Fsp3) is 0.541. The molecule has 27 heteroatoms. The molecule has 6 saturated heterocycles. The van der Waals surface area contributed by atoms with Crippen LogP contribution in [0.5, 0.6) is 11.5 Å². The predicted octanol–water partition coefficient (Wildman–Crippen LogP) is 8.41. The fourth-order valence-electron chi connectivity index (χ4n) is 15.2. The van der Waals surface area contributed by atoms with Gasteiger partial charge in [0.1, 0.15) is 59.5 Å². The van der Waals surface area contributed by atoms with Crippen LogP contribution in [0.25, 0.3) is 0 Å². The van der Waals surface area contributed by atoms with Crippen LogP contribution in [0.15, 0.2) is 96.2 Å². The number of carbonyl (C=O) groups is 5. The van der Waals surface area contributed by atoms with Gasteiger partial charge in [0.15, 0.2) is 0 Å². The van der Waals surface area contributed by atoms with Gasteiger partial charge in [0.25, 0.3) is 0 Å². The number of piperazine rings is 2. The lowest BCUT2D eigenvalue weighted by Crippen LogP contribution is -2.66. The number of methoxy groups -OCH3 is 1. The van der Waals surface area contributed by atoms with Gasteiger partial charge in [0, 0.05) is 112 Å². The van der Waals surface area contributed by atoms with Gasteiger partial charge in [-0.25, -0.2) is 23.5 Å². The Hall–Kier alpha value is -7.94. The SMILES string of the molecule is COc1ccc(C2=N[C@@H](c3ccc(Cl)cc3)[C@@H](c3ccc(Cl)cc3)N2C(=O)N2CCN(CC(=O)NCCOCCN3CC[C@@]4(CCN(CC(=O)NCCCNc5cc(N6CCC7(CC6)CN(c6cc(F)c(CN8CCC(C)(C)CC8)cc6F)CC(=O)N7)ncn5)C4)C3)C(=O)C2)c(OC(C)C)c1. The molecule has 1 aromatic heterocycles. The largest absolute Gasteiger partial charge is 0.497 e. The van der Waals surface area contributed by atoms with Gasteiger partial charge in [0.2, 0.25) is 23.6 Å². The molecule has 7 aliphatic heterocycles. The predicted molar refractivity (Wildman–Crippen MR) is 385 cm³/mol. The van der Waals surface area contributed by atoms with Crippen molar-refractivity contribution in [2.24, 2.45) is 15.8 Å². The second kappa shape index (κ2) is 32.2. The van der Waals surface area contributed by atoms with Crippen molar-refractivity contribution >= 4 is 76.0 Å². The lowest BCUT2D eigenvalue weighted by atomic mass is 9.82. The molecule has 542 valence electrons. The first-order valence-electron chi connectivity index (χ1n) is 35.5. The highest BCUT2D eigenvalue weighted by Gasteiger charge is 2.48. The average Bonchev–Trinajstić information content (AvgIpc) is 1.65. The molecule has 0 saturated carbocycles. The van der Waals surface area contributed by atoms with Crippen molar-refractivity contribution in [3.63, 3.8) is 0 Å². The number of ether oxygens (including phenoxy) is 3. The first-order chi connectivity index (χ1) is 48.6. The van der Waals surface area contributed by atoms with Gasteiger partial charge in [-0.15, -0.1) is 0 Å². The van der Waals surface area contributed by atoms with E-state index in [0.29, 0.717) is 123 Å². The zero-order chi connectivity index (χ0) is 71.0. The number of amides is 6. The number of rotatable bonds is 25. The summed E-state index contributed by atoms with van der Waals surface area (Å²) >= 11 is 12.8. The summed E-state index contributed by atoms with van der Waals surface area (Å²) < 4.78 is 49.2. The number of nitrogens with one attached hydrogen (secondary N) is 4. The maximum atomic E-state index is 15.8. The van der Waals surface area contributed by atoms with E-state index in [1.165, 1.54) is 28.3 Å². The Morgan fingerprint density at radius 3 is 2.12 bits per heavy atom. The number of benzene rings is 4. The van der Waals surface area contributed by atoms with Crippen LogP contribution in [0, 0.1) is 22.5 Å². The number of hydrogen-bond donors (Lipinski definition) is 4. The summed E-state index contributed by atoms with van der Waals surface area (Å²) in [7, 11) is 1.57. The van der Waals surface area contributed by atoms with Crippen LogP contribution in [0.3, 0.4) is 0 Å². The van der Waals surface area contributed by atoms with Crippen LogP contribution in [0.2, 0.25) is 10.0 Å². The minimum Gasteiger partial charge on any atom is -0.497 e. The highest BCUT2D eigenvalue weighted by molar-refractivity contribution is 6.30. The van der Waals surface area contributed by atoms with E-state index < -0.39 is 35.3 Å². The summed E-state index contributed by atoms with van der Waals surface area (Å²) in [6, 6.07) is 22.9. The molecule has 0 bridgehead atoms. The smallest absolute Gasteiger partial charge is 0.326 e. The standard InChI is InChI=1S/C74H95Cl2F2N15O8/c1-50(2)101-61-38-56(99-5)15-16-57(61)70-84-68(51-7-11-54(75)12-8-51)69(52-9-13-55(76)14-10-52)93(70)71(98)91-33-32-90(67(97)45-91)43-65(95)81-25-35-100-36-34-87-28-19-73(46-87)20-29-88(47-73)42-64(94)80-24-6-23-79-62-40-63(83-49-82-62)89-30-21-74(22-31-89)48-92(44-66(96)85-74)60-39-58(77)53(37-59(60)78)41-86-26-17-72(3,4)18-27-86/h7-16,37-40,49-50,68-69H,6,17-36,41-48H2,1-5H3,(H,80,94)(H,81,95)(H,85,96)(H,79,82,83)/t68-,69+,73+/m0/s1. The Bertz CT molecular complexity index is 3800. The summed E-state index contributed by atoms with van der Waals surface area (Å²) in [5.74, 6) is 0.961. The molecule has 6 amide bonds. The van der Waals surface area contributed by atoms with Crippen LogP contribution in [-0.2, 0) is 30.5 Å². The van der Waals surface area contributed by atoms with Crippen molar-refractivity contribution in [1.29, 1.82) is 0 Å². The zero-order valence-corrected chi connectivity index (χ0v) is 60.1. The van der Waals surface area contributed by atoms with Crippen LogP contribution >= 0.6 is 23.2 Å². The number of urea groups is 1. The number of carbonyl (C=O) groups excluding carboxylic acids is 5. The molecule has 12 rings (SSSR count). The number of aliphatic imine (C=N–C) groups is 1. The number of halogens is 4. The Labute approximate surface area is 600 Å². The minimum absolute atomic E-state index is 0.000266. The van der Waals surface area contributed by atoms with Gasteiger partial charge in [0.05, 0.1) is 68.9 Å². The van der Waals surface area contributed by atoms with E-state index in [4.69, 9.17) is 42.4 Å². The molecule has 2 spiro atoms. The number of nitrogens with zero attached hydrogens (tertiary/aromatic N) is 11. The molecule has 7 aliphatic rings. The molecule has 0 aliphatic carbocycles. The monoisotopic (exact) mass is 1430 g/mol. The normalized spacial score (nSPS) is 21.8. The number of hydrogen-bond acceptors (Lipinski definition) is 17. The van der Waals surface area contributed by atoms with E-state index in [-0.39, 0.29) is 85.5 Å². The molecule has 23 nitrogen and oxygen atoms in total. The number of anilines is 3. The Balaban J connectivity index is 0.528. The molecule has 8 heterocycles. The number of amidine groups is 1.